The number of phenolic OH excluding ortho intramolecular Hbond substituents is 1. The number of amides is 1. The quantitative estimate of drug-likeness (QED) is 0.514. The van der Waals surface area contributed by atoms with Gasteiger partial charge in [-0.2, -0.15) is 0 Å². The first kappa shape index (κ1) is 20.2. The molecular weight excluding hydrogens is 444 g/mol. The fraction of sp³-hybridized carbons (Fsp3) is 0.211. The van der Waals surface area contributed by atoms with Gasteiger partial charge >= 0.3 is 0 Å². The summed E-state index contributed by atoms with van der Waals surface area (Å²) in [6.45, 7) is 2.52. The summed E-state index contributed by atoms with van der Waals surface area (Å²) in [6.07, 6.45) is 0. The lowest BCUT2D eigenvalue weighted by atomic mass is 10.2. The van der Waals surface area contributed by atoms with E-state index in [1.165, 1.54) is 11.8 Å². The first-order valence-corrected chi connectivity index (χ1v) is 10.3. The average Bonchev–Trinajstić information content (AvgIpc) is 3.04. The summed E-state index contributed by atoms with van der Waals surface area (Å²) in [6, 6.07) is 12.3. The summed E-state index contributed by atoms with van der Waals surface area (Å²) >= 11 is 4.66. The summed E-state index contributed by atoms with van der Waals surface area (Å²) < 4.78 is 7.96. The fourth-order valence-electron chi connectivity index (χ4n) is 2.49. The monoisotopic (exact) mass is 462 g/mol. The molecule has 0 aliphatic carbocycles. The number of anilines is 1. The molecule has 0 radical (unpaired) electrons. The summed E-state index contributed by atoms with van der Waals surface area (Å²) in [4.78, 5) is 12.2. The van der Waals surface area contributed by atoms with Crippen LogP contribution >= 0.6 is 27.7 Å². The van der Waals surface area contributed by atoms with Crippen molar-refractivity contribution in [3.63, 3.8) is 0 Å². The zero-order chi connectivity index (χ0) is 20.1. The van der Waals surface area contributed by atoms with Crippen molar-refractivity contribution in [2.45, 2.75) is 12.1 Å². The largest absolute Gasteiger partial charge is 0.507 e. The van der Waals surface area contributed by atoms with Crippen LogP contribution < -0.4 is 10.1 Å². The summed E-state index contributed by atoms with van der Waals surface area (Å²) in [5.74, 6) is 1.43. The minimum atomic E-state index is -0.149. The molecule has 0 bridgehead atoms. The number of nitrogens with zero attached hydrogens (tertiary/aromatic N) is 3. The Morgan fingerprint density at radius 1 is 1.25 bits per heavy atom. The van der Waals surface area contributed by atoms with Crippen molar-refractivity contribution in [2.24, 2.45) is 7.05 Å². The number of thioether (sulfide) groups is 1. The first-order chi connectivity index (χ1) is 13.5. The van der Waals surface area contributed by atoms with E-state index < -0.39 is 0 Å². The SMILES string of the molecule is CCOc1ccc(NC(=O)CSc2nnc(-c3cc(Br)ccc3O)n2C)cc1. The van der Waals surface area contributed by atoms with Gasteiger partial charge in [-0.15, -0.1) is 10.2 Å². The van der Waals surface area contributed by atoms with E-state index in [4.69, 9.17) is 4.74 Å². The van der Waals surface area contributed by atoms with Gasteiger partial charge in [-0.1, -0.05) is 27.7 Å². The molecule has 0 spiro atoms. The number of hydrogen-bond donors (Lipinski definition) is 2. The highest BCUT2D eigenvalue weighted by Gasteiger charge is 2.16. The Kier molecular flexibility index (Phi) is 6.58. The molecule has 3 rings (SSSR count). The second-order valence-electron chi connectivity index (χ2n) is 5.82. The topological polar surface area (TPSA) is 89.3 Å². The maximum atomic E-state index is 12.2. The Bertz CT molecular complexity index is 976. The van der Waals surface area contributed by atoms with Crippen molar-refractivity contribution in [3.05, 3.63) is 46.9 Å². The van der Waals surface area contributed by atoms with Crippen LogP contribution in [0.1, 0.15) is 6.92 Å². The lowest BCUT2D eigenvalue weighted by Crippen LogP contribution is -2.14. The fourth-order valence-corrected chi connectivity index (χ4v) is 3.56. The average molecular weight is 463 g/mol. The Hall–Kier alpha value is -2.52. The van der Waals surface area contributed by atoms with Crippen LogP contribution in [0, 0.1) is 0 Å². The highest BCUT2D eigenvalue weighted by molar-refractivity contribution is 9.10. The Labute approximate surface area is 175 Å². The van der Waals surface area contributed by atoms with Crippen molar-refractivity contribution in [1.82, 2.24) is 14.8 Å². The van der Waals surface area contributed by atoms with Crippen LogP contribution in [0.25, 0.3) is 11.4 Å². The third-order valence-electron chi connectivity index (χ3n) is 3.82. The van der Waals surface area contributed by atoms with E-state index in [-0.39, 0.29) is 17.4 Å². The number of hydrogen-bond acceptors (Lipinski definition) is 6. The van der Waals surface area contributed by atoms with Crippen LogP contribution in [0.15, 0.2) is 52.1 Å². The second kappa shape index (κ2) is 9.11. The molecule has 0 aliphatic rings. The maximum Gasteiger partial charge on any atom is 0.234 e. The van der Waals surface area contributed by atoms with Gasteiger partial charge in [0.1, 0.15) is 11.5 Å². The van der Waals surface area contributed by atoms with Gasteiger partial charge in [0.15, 0.2) is 11.0 Å². The predicted molar refractivity (Wildman–Crippen MR) is 113 cm³/mol. The molecule has 0 atom stereocenters. The molecule has 2 N–H and O–H groups in total. The number of aromatic hydroxyl groups is 1. The molecule has 1 aromatic heterocycles. The second-order valence-corrected chi connectivity index (χ2v) is 7.68. The minimum absolute atomic E-state index is 0.114. The van der Waals surface area contributed by atoms with E-state index in [9.17, 15) is 9.90 Å². The van der Waals surface area contributed by atoms with E-state index in [2.05, 4.69) is 31.4 Å². The third-order valence-corrected chi connectivity index (χ3v) is 5.33. The van der Waals surface area contributed by atoms with Gasteiger partial charge in [-0.25, -0.2) is 0 Å². The van der Waals surface area contributed by atoms with Crippen molar-refractivity contribution >= 4 is 39.3 Å². The first-order valence-electron chi connectivity index (χ1n) is 8.51. The number of nitrogens with one attached hydrogen (secondary N) is 1. The van der Waals surface area contributed by atoms with Crippen LogP contribution in [0.4, 0.5) is 5.69 Å². The number of phenols is 1. The Balaban J connectivity index is 1.62. The molecule has 0 saturated carbocycles. The molecular formula is C19H19BrN4O3S. The standard InChI is InChI=1S/C19H19BrN4O3S/c1-3-27-14-7-5-13(6-8-14)21-17(26)11-28-19-23-22-18(24(19)2)15-10-12(20)4-9-16(15)25/h4-10,25H,3,11H2,1-2H3,(H,21,26). The van der Waals surface area contributed by atoms with Gasteiger partial charge in [-0.3, -0.25) is 4.79 Å². The van der Waals surface area contributed by atoms with Crippen LogP contribution in [-0.2, 0) is 11.8 Å². The summed E-state index contributed by atoms with van der Waals surface area (Å²) in [7, 11) is 1.79. The van der Waals surface area contributed by atoms with E-state index in [0.717, 1.165) is 10.2 Å². The molecule has 3 aromatic rings. The van der Waals surface area contributed by atoms with Gasteiger partial charge in [0.2, 0.25) is 5.91 Å². The molecule has 1 amide bonds. The zero-order valence-electron chi connectivity index (χ0n) is 15.3. The number of ether oxygens (including phenoxy) is 1. The van der Waals surface area contributed by atoms with Crippen LogP contribution in [0.2, 0.25) is 0 Å². The number of carbonyl (C=O) groups excluding carboxylic acids is 1. The molecule has 7 nitrogen and oxygen atoms in total. The van der Waals surface area contributed by atoms with E-state index >= 15 is 0 Å². The molecule has 0 unspecified atom stereocenters. The van der Waals surface area contributed by atoms with Crippen LogP contribution in [0.3, 0.4) is 0 Å². The lowest BCUT2D eigenvalue weighted by Gasteiger charge is -2.08. The number of halogens is 1. The Morgan fingerprint density at radius 3 is 2.71 bits per heavy atom. The third kappa shape index (κ3) is 4.85. The number of carbonyl (C=O) groups is 1. The molecule has 9 heteroatoms. The van der Waals surface area contributed by atoms with Crippen molar-refractivity contribution in [1.29, 1.82) is 0 Å². The normalized spacial score (nSPS) is 10.7. The summed E-state index contributed by atoms with van der Waals surface area (Å²) in [5, 5.41) is 21.8. The zero-order valence-corrected chi connectivity index (χ0v) is 17.7. The maximum absolute atomic E-state index is 12.2. The Morgan fingerprint density at radius 2 is 2.00 bits per heavy atom. The minimum Gasteiger partial charge on any atom is -0.507 e. The molecule has 28 heavy (non-hydrogen) atoms. The highest BCUT2D eigenvalue weighted by Crippen LogP contribution is 2.32. The van der Waals surface area contributed by atoms with Gasteiger partial charge in [0.05, 0.1) is 17.9 Å². The number of aromatic nitrogens is 3. The molecule has 1 heterocycles. The smallest absolute Gasteiger partial charge is 0.234 e. The summed E-state index contributed by atoms with van der Waals surface area (Å²) in [5.41, 5.74) is 1.27. The molecule has 146 valence electrons. The van der Waals surface area contributed by atoms with Gasteiger partial charge in [0, 0.05) is 17.2 Å². The predicted octanol–water partition coefficient (Wildman–Crippen LogP) is 4.08. The molecule has 0 saturated heterocycles. The van der Waals surface area contributed by atoms with Crippen molar-refractivity contribution in [3.8, 4) is 22.9 Å². The van der Waals surface area contributed by atoms with E-state index in [0.29, 0.717) is 28.8 Å². The molecule has 0 aliphatic heterocycles. The highest BCUT2D eigenvalue weighted by atomic mass is 79.9. The van der Waals surface area contributed by atoms with E-state index in [1.807, 2.05) is 19.1 Å². The molecule has 0 fully saturated rings. The van der Waals surface area contributed by atoms with Crippen LogP contribution in [-0.4, -0.2) is 38.1 Å². The lowest BCUT2D eigenvalue weighted by molar-refractivity contribution is -0.113. The van der Waals surface area contributed by atoms with Gasteiger partial charge < -0.3 is 19.7 Å². The van der Waals surface area contributed by atoms with Crippen molar-refractivity contribution in [2.75, 3.05) is 17.7 Å². The van der Waals surface area contributed by atoms with E-state index in [1.54, 1.807) is 41.9 Å². The number of rotatable bonds is 7. The molecule has 2 aromatic carbocycles. The van der Waals surface area contributed by atoms with Gasteiger partial charge in [0.25, 0.3) is 0 Å². The van der Waals surface area contributed by atoms with Crippen LogP contribution in [0.5, 0.6) is 11.5 Å². The van der Waals surface area contributed by atoms with Gasteiger partial charge in [-0.05, 0) is 49.4 Å². The van der Waals surface area contributed by atoms with Crippen molar-refractivity contribution < 1.29 is 14.6 Å². The number of benzene rings is 2.